The molecule has 0 heterocycles. The number of carboxylic acid groups (broad SMARTS) is 2. The quantitative estimate of drug-likeness (QED) is 0.229. The van der Waals surface area contributed by atoms with Crippen molar-refractivity contribution in [1.29, 1.82) is 0 Å². The smallest absolute Gasteiger partial charge is 2.00 e. The second kappa shape index (κ2) is 29.9. The maximum atomic E-state index is 8.88. The van der Waals surface area contributed by atoms with E-state index in [1.165, 1.54) is 0 Å². The predicted octanol–water partition coefficient (Wildman–Crippen LogP) is -3.17. The Kier molecular flexibility index (Phi) is 106. The maximum absolute atomic E-state index is 8.88. The van der Waals surface area contributed by atoms with Crippen molar-refractivity contribution in [3.63, 3.8) is 0 Å². The van der Waals surface area contributed by atoms with E-state index in [1.54, 1.807) is 0 Å². The maximum Gasteiger partial charge on any atom is 2.00 e. The Morgan fingerprint density at radius 3 is 0.867 bits per heavy atom. The van der Waals surface area contributed by atoms with Crippen LogP contribution in [0.2, 0.25) is 0 Å². The number of phosphoric acid groups is 1. The van der Waals surface area contributed by atoms with Gasteiger partial charge in [-0.1, -0.05) is 0 Å². The molecule has 7 N–H and O–H groups in total. The summed E-state index contributed by atoms with van der Waals surface area (Å²) in [5, 5.41) is 13.9. The Labute approximate surface area is 149 Å². The first-order chi connectivity index (χ1) is 3.73. The summed E-state index contributed by atoms with van der Waals surface area (Å²) in [6.07, 6.45) is -1.83. The molecular weight excluding hydrogens is 284 g/mol. The van der Waals surface area contributed by atoms with Gasteiger partial charge >= 0.3 is 106 Å². The molecule has 0 aromatic rings. The second-order valence-corrected chi connectivity index (χ2v) is 1.82. The molecule has 0 unspecified atom stereocenters. The monoisotopic (exact) mass is 290 g/mol. The summed E-state index contributed by atoms with van der Waals surface area (Å²) in [5.74, 6) is 0. The Morgan fingerprint density at radius 2 is 0.867 bits per heavy atom. The van der Waals surface area contributed by atoms with Crippen LogP contribution in [-0.2, 0) is 10.0 Å². The van der Waals surface area contributed by atoms with Crippen molar-refractivity contribution in [2.24, 2.45) is 0 Å². The van der Waals surface area contributed by atoms with Crippen LogP contribution in [0.3, 0.4) is 0 Å². The molecule has 0 aliphatic rings. The van der Waals surface area contributed by atoms with Gasteiger partial charge in [-0.3, -0.25) is 0 Å². The fraction of sp³-hybridized carbons (Fsp3) is 0. The van der Waals surface area contributed by atoms with Gasteiger partial charge in [0.05, 0.1) is 0 Å². The van der Waals surface area contributed by atoms with Crippen molar-refractivity contribution >= 4 is 106 Å². The molecule has 0 saturated carbocycles. The molecular formula is CH7Mg4O9P+6. The molecule has 0 spiro atoms. The molecule has 0 bridgehead atoms. The summed E-state index contributed by atoms with van der Waals surface area (Å²) >= 11 is 0. The van der Waals surface area contributed by atoms with Crippen LogP contribution in [0.15, 0.2) is 0 Å². The first-order valence-corrected chi connectivity index (χ1v) is 3.00. The normalized spacial score (nSPS) is 5.53. The molecule has 0 amide bonds. The first-order valence-electron chi connectivity index (χ1n) is 1.43. The van der Waals surface area contributed by atoms with E-state index in [2.05, 4.69) is 0 Å². The Morgan fingerprint density at radius 1 is 0.867 bits per heavy atom. The minimum atomic E-state index is -4.64. The summed E-state index contributed by atoms with van der Waals surface area (Å²) in [6, 6.07) is 0. The zero-order chi connectivity index (χ0) is 8.08. The standard InChI is InChI=1S/CH2O3.4Mg.H3O4P.H2O.O/c2-1(3)4;;;;;1-5(2,3)4;;/h(H2,2,3,4);;;;;(H3,1,2,3,4);1H2;/q;4*+2;;;-2. The van der Waals surface area contributed by atoms with Gasteiger partial charge in [0, 0.05) is 0 Å². The van der Waals surface area contributed by atoms with Gasteiger partial charge in [-0.25, -0.2) is 9.36 Å². The molecule has 72 valence electrons. The van der Waals surface area contributed by atoms with Crippen molar-refractivity contribution in [1.82, 2.24) is 0 Å². The molecule has 0 aromatic carbocycles. The molecule has 14 heteroatoms. The molecule has 0 aliphatic heterocycles. The van der Waals surface area contributed by atoms with Gasteiger partial charge in [0.1, 0.15) is 0 Å². The molecule has 0 atom stereocenters. The van der Waals surface area contributed by atoms with Crippen molar-refractivity contribution in [3.8, 4) is 0 Å². The molecule has 9 nitrogen and oxygen atoms in total. The van der Waals surface area contributed by atoms with Crippen LogP contribution in [0, 0.1) is 0 Å². The zero-order valence-corrected chi connectivity index (χ0v) is 14.3. The van der Waals surface area contributed by atoms with Crippen molar-refractivity contribution in [3.05, 3.63) is 0 Å². The second-order valence-electron chi connectivity index (χ2n) is 0.796. The van der Waals surface area contributed by atoms with Crippen LogP contribution in [0.25, 0.3) is 0 Å². The Hall–Kier alpha value is 2.36. The fourth-order valence-corrected chi connectivity index (χ4v) is 0. The number of rotatable bonds is 0. The van der Waals surface area contributed by atoms with Gasteiger partial charge in [-0.15, -0.1) is 0 Å². The third-order valence-corrected chi connectivity index (χ3v) is 0. The first kappa shape index (κ1) is 53.0. The fourth-order valence-electron chi connectivity index (χ4n) is 0. The minimum Gasteiger partial charge on any atom is -2.00 e. The van der Waals surface area contributed by atoms with Gasteiger partial charge in [0.15, 0.2) is 0 Å². The van der Waals surface area contributed by atoms with E-state index in [1.807, 2.05) is 0 Å². The van der Waals surface area contributed by atoms with E-state index in [0.717, 1.165) is 0 Å². The van der Waals surface area contributed by atoms with Crippen molar-refractivity contribution < 1.29 is 45.2 Å². The van der Waals surface area contributed by atoms with Gasteiger partial charge in [0.25, 0.3) is 0 Å². The number of hydrogen-bond donors (Lipinski definition) is 5. The summed E-state index contributed by atoms with van der Waals surface area (Å²) in [5.41, 5.74) is 0. The van der Waals surface area contributed by atoms with Gasteiger partial charge in [0.2, 0.25) is 0 Å². The molecule has 0 aliphatic carbocycles. The molecule has 0 saturated heterocycles. The minimum absolute atomic E-state index is 0. The van der Waals surface area contributed by atoms with E-state index in [0.29, 0.717) is 0 Å². The van der Waals surface area contributed by atoms with Crippen LogP contribution in [0.4, 0.5) is 4.79 Å². The summed E-state index contributed by atoms with van der Waals surface area (Å²) in [7, 11) is -4.64. The van der Waals surface area contributed by atoms with Crippen molar-refractivity contribution in [2.45, 2.75) is 0 Å². The van der Waals surface area contributed by atoms with Gasteiger partial charge in [-0.2, -0.15) is 0 Å². The molecule has 0 rings (SSSR count). The molecule has 15 heavy (non-hydrogen) atoms. The van der Waals surface area contributed by atoms with Crippen LogP contribution in [0.1, 0.15) is 0 Å². The third kappa shape index (κ3) is 604. The summed E-state index contributed by atoms with van der Waals surface area (Å²) < 4.78 is 8.88. The van der Waals surface area contributed by atoms with Crippen LogP contribution in [0.5, 0.6) is 0 Å². The topological polar surface area (TPSA) is 195 Å². The predicted molar refractivity (Wildman–Crippen MR) is 52.2 cm³/mol. The van der Waals surface area contributed by atoms with Crippen LogP contribution < -0.4 is 0 Å². The zero-order valence-electron chi connectivity index (χ0n) is 7.74. The van der Waals surface area contributed by atoms with Gasteiger partial charge < -0.3 is 35.8 Å². The largest absolute Gasteiger partial charge is 2.00 e. The summed E-state index contributed by atoms with van der Waals surface area (Å²) in [4.78, 5) is 30.1. The Balaban J connectivity index is -0.00000000785. The van der Waals surface area contributed by atoms with Crippen LogP contribution >= 0.6 is 7.82 Å². The summed E-state index contributed by atoms with van der Waals surface area (Å²) in [6.45, 7) is 0. The Bertz CT molecular complexity index is 122. The number of hydrogen-bond acceptors (Lipinski definition) is 2. The number of carbonyl (C=O) groups is 1. The van der Waals surface area contributed by atoms with E-state index in [9.17, 15) is 0 Å². The average molecular weight is 291 g/mol. The van der Waals surface area contributed by atoms with Crippen LogP contribution in [-0.4, -0.2) is 129 Å². The van der Waals surface area contributed by atoms with Gasteiger partial charge in [-0.05, 0) is 0 Å². The molecule has 0 fully saturated rings. The van der Waals surface area contributed by atoms with E-state index < -0.39 is 14.0 Å². The molecule has 0 radical (unpaired) electrons. The van der Waals surface area contributed by atoms with E-state index in [4.69, 9.17) is 34.3 Å². The average Bonchev–Trinajstić information content (AvgIpc) is 1.19. The van der Waals surface area contributed by atoms with Crippen molar-refractivity contribution in [2.75, 3.05) is 0 Å². The SMILES string of the molecule is O.O=C(O)O.O=P(O)(O)O.[Mg+2].[Mg+2].[Mg+2].[Mg+2].[O-2]. The molecule has 0 aromatic heterocycles. The van der Waals surface area contributed by atoms with E-state index in [-0.39, 0.29) is 103 Å². The third-order valence-electron chi connectivity index (χ3n) is 0. The van der Waals surface area contributed by atoms with E-state index >= 15 is 0 Å².